The predicted molar refractivity (Wildman–Crippen MR) is 165 cm³/mol. The van der Waals surface area contributed by atoms with Gasteiger partial charge in [0, 0.05) is 6.42 Å². The van der Waals surface area contributed by atoms with Gasteiger partial charge in [-0.2, -0.15) is 9.97 Å². The molecule has 0 spiro atoms. The van der Waals surface area contributed by atoms with E-state index < -0.39 is 28.8 Å². The summed E-state index contributed by atoms with van der Waals surface area (Å²) in [6, 6.07) is 0. The lowest BCUT2D eigenvalue weighted by Crippen LogP contribution is -2.48. The Balaban J connectivity index is 1.97. The van der Waals surface area contributed by atoms with Crippen LogP contribution in [0.1, 0.15) is 54.2 Å². The van der Waals surface area contributed by atoms with E-state index >= 15 is 0 Å². The van der Waals surface area contributed by atoms with E-state index in [2.05, 4.69) is 94.6 Å². The van der Waals surface area contributed by atoms with E-state index in [-0.39, 0.29) is 47.3 Å². The van der Waals surface area contributed by atoms with Gasteiger partial charge >= 0.3 is 5.97 Å². The summed E-state index contributed by atoms with van der Waals surface area (Å²) in [4.78, 5) is 25.4. The van der Waals surface area contributed by atoms with E-state index in [9.17, 15) is 4.79 Å². The lowest BCUT2D eigenvalue weighted by Gasteiger charge is -2.40. The van der Waals surface area contributed by atoms with E-state index in [0.29, 0.717) is 24.2 Å². The van der Waals surface area contributed by atoms with Gasteiger partial charge in [0.15, 0.2) is 27.8 Å². The molecule has 0 saturated carbocycles. The zero-order chi connectivity index (χ0) is 30.8. The van der Waals surface area contributed by atoms with Crippen LogP contribution in [0.25, 0.3) is 11.2 Å². The third-order valence-corrected chi connectivity index (χ3v) is 17.5. The second kappa shape index (κ2) is 12.5. The molecule has 1 aliphatic rings. The molecule has 0 unspecified atom stereocenters. The highest BCUT2D eigenvalue weighted by atomic mass is 28.4. The van der Waals surface area contributed by atoms with Crippen molar-refractivity contribution in [2.45, 2.75) is 103 Å². The van der Waals surface area contributed by atoms with Gasteiger partial charge in [-0.05, 0) is 36.3 Å². The smallest absolute Gasteiger partial charge is 0.325 e. The minimum atomic E-state index is -2.11. The number of aromatic nitrogens is 4. The molecule has 1 aliphatic heterocycles. The van der Waals surface area contributed by atoms with Crippen LogP contribution in [0.5, 0.6) is 5.88 Å². The van der Waals surface area contributed by atoms with Crippen LogP contribution in [0, 0.1) is 0 Å². The van der Waals surface area contributed by atoms with Crippen LogP contribution in [-0.2, 0) is 23.1 Å². The molecule has 1 N–H and O–H groups in total. The van der Waals surface area contributed by atoms with Gasteiger partial charge in [-0.3, -0.25) is 9.36 Å². The van der Waals surface area contributed by atoms with E-state index in [1.807, 2.05) is 4.57 Å². The quantitative estimate of drug-likeness (QED) is 0.183. The van der Waals surface area contributed by atoms with Crippen molar-refractivity contribution < 1.29 is 27.9 Å². The fraction of sp³-hybridized carbons (Fsp3) is 0.714. The standard InChI is InChI=1S/C28H49N5O6Si2/c1-13-14-36-25-23-24(31-26(32-25)29-16-22(34)35-8)33(18-30-23)21-15-19(39-41(11,12)28(5,6)7)20(38-21)17-37-40(9,10)27(2,3)4/h13,18-21H,1,14-17H2,2-12H3,(H,29,31,32)/t19-,20+,21+/m0/s1. The van der Waals surface area contributed by atoms with Crippen LogP contribution in [0.15, 0.2) is 19.0 Å². The molecule has 2 aromatic heterocycles. The minimum absolute atomic E-state index is 0.0441. The zero-order valence-electron chi connectivity index (χ0n) is 26.7. The molecule has 0 radical (unpaired) electrons. The van der Waals surface area contributed by atoms with Crippen molar-refractivity contribution in [2.75, 3.05) is 32.2 Å². The van der Waals surface area contributed by atoms with Gasteiger partial charge in [0.25, 0.3) is 0 Å². The third-order valence-electron chi connectivity index (χ3n) is 8.50. The maximum atomic E-state index is 11.7. The number of carbonyl (C=O) groups excluding carboxylic acids is 1. The number of fused-ring (bicyclic) bond motifs is 1. The first-order chi connectivity index (χ1) is 18.9. The molecule has 13 heteroatoms. The molecule has 230 valence electrons. The van der Waals surface area contributed by atoms with Crippen molar-refractivity contribution in [1.29, 1.82) is 0 Å². The topological polar surface area (TPSA) is 119 Å². The van der Waals surface area contributed by atoms with Crippen molar-refractivity contribution in [3.05, 3.63) is 19.0 Å². The predicted octanol–water partition coefficient (Wildman–Crippen LogP) is 5.68. The van der Waals surface area contributed by atoms with Crippen LogP contribution < -0.4 is 10.1 Å². The number of imidazole rings is 1. The fourth-order valence-electron chi connectivity index (χ4n) is 3.85. The average Bonchev–Trinajstić information content (AvgIpc) is 3.46. The summed E-state index contributed by atoms with van der Waals surface area (Å²) < 4.78 is 32.6. The minimum Gasteiger partial charge on any atom is -0.472 e. The summed E-state index contributed by atoms with van der Waals surface area (Å²) in [5.41, 5.74) is 1.01. The molecule has 3 heterocycles. The van der Waals surface area contributed by atoms with Gasteiger partial charge in [0.05, 0.1) is 26.1 Å². The van der Waals surface area contributed by atoms with E-state index in [4.69, 9.17) is 23.1 Å². The fourth-order valence-corrected chi connectivity index (χ4v) is 6.22. The average molecular weight is 608 g/mol. The van der Waals surface area contributed by atoms with Gasteiger partial charge in [-0.15, -0.1) is 0 Å². The largest absolute Gasteiger partial charge is 0.472 e. The number of esters is 1. The molecule has 0 aliphatic carbocycles. The first kappa shape index (κ1) is 33.2. The monoisotopic (exact) mass is 607 g/mol. The Kier molecular flexibility index (Phi) is 10.1. The first-order valence-electron chi connectivity index (χ1n) is 14.2. The van der Waals surface area contributed by atoms with Crippen LogP contribution in [0.4, 0.5) is 5.95 Å². The van der Waals surface area contributed by atoms with Gasteiger partial charge in [0.1, 0.15) is 25.5 Å². The second-order valence-electron chi connectivity index (χ2n) is 13.6. The molecule has 2 aromatic rings. The van der Waals surface area contributed by atoms with Gasteiger partial charge in [0.2, 0.25) is 11.8 Å². The molecule has 0 amide bonds. The molecule has 0 bridgehead atoms. The summed E-state index contributed by atoms with van der Waals surface area (Å²) in [6.45, 7) is 26.7. The summed E-state index contributed by atoms with van der Waals surface area (Å²) in [5.74, 6) is 0.0598. The number of ether oxygens (including phenoxy) is 3. The Morgan fingerprint density at radius 1 is 1.15 bits per heavy atom. The van der Waals surface area contributed by atoms with Gasteiger partial charge < -0.3 is 28.4 Å². The number of nitrogens with one attached hydrogen (secondary N) is 1. The SMILES string of the molecule is C=CCOc1nc(NCC(=O)OC)nc2c1ncn2[C@H]1C[C@H](O[Si](C)(C)C(C)(C)C)[C@@H](CO[Si](C)(C)C(C)(C)C)O1. The number of rotatable bonds is 12. The maximum Gasteiger partial charge on any atom is 0.325 e. The molecular formula is C28H49N5O6Si2. The molecule has 1 saturated heterocycles. The summed E-state index contributed by atoms with van der Waals surface area (Å²) in [6.07, 6.45) is 3.13. The maximum absolute atomic E-state index is 11.7. The van der Waals surface area contributed by atoms with E-state index in [1.54, 1.807) is 12.4 Å². The Hall–Kier alpha value is -2.33. The second-order valence-corrected chi connectivity index (χ2v) is 23.1. The molecular weight excluding hydrogens is 559 g/mol. The Bertz CT molecular complexity index is 1220. The van der Waals surface area contributed by atoms with Crippen LogP contribution >= 0.6 is 0 Å². The highest BCUT2D eigenvalue weighted by molar-refractivity contribution is 6.74. The number of nitrogens with zero attached hydrogens (tertiary/aromatic N) is 4. The number of hydrogen-bond donors (Lipinski definition) is 1. The van der Waals surface area contributed by atoms with Gasteiger partial charge in [-0.25, -0.2) is 4.98 Å². The summed E-state index contributed by atoms with van der Waals surface area (Å²) in [7, 11) is -2.79. The molecule has 11 nitrogen and oxygen atoms in total. The van der Waals surface area contributed by atoms with Crippen molar-refractivity contribution in [3.63, 3.8) is 0 Å². The van der Waals surface area contributed by atoms with Crippen LogP contribution in [-0.4, -0.2) is 81.2 Å². The van der Waals surface area contributed by atoms with E-state index in [1.165, 1.54) is 7.11 Å². The van der Waals surface area contributed by atoms with Crippen molar-refractivity contribution >= 4 is 39.7 Å². The lowest BCUT2D eigenvalue weighted by molar-refractivity contribution is -0.138. The molecule has 3 rings (SSSR count). The van der Waals surface area contributed by atoms with Crippen LogP contribution in [0.2, 0.25) is 36.3 Å². The lowest BCUT2D eigenvalue weighted by atomic mass is 10.2. The number of carbonyl (C=O) groups is 1. The van der Waals surface area contributed by atoms with Crippen molar-refractivity contribution in [3.8, 4) is 5.88 Å². The van der Waals surface area contributed by atoms with Crippen LogP contribution in [0.3, 0.4) is 0 Å². The van der Waals surface area contributed by atoms with Gasteiger partial charge in [-0.1, -0.05) is 54.2 Å². The highest BCUT2D eigenvalue weighted by Crippen LogP contribution is 2.43. The Morgan fingerprint density at radius 3 is 2.39 bits per heavy atom. The zero-order valence-corrected chi connectivity index (χ0v) is 28.7. The summed E-state index contributed by atoms with van der Waals surface area (Å²) in [5, 5.41) is 3.03. The van der Waals surface area contributed by atoms with Crippen molar-refractivity contribution in [1.82, 2.24) is 19.5 Å². The molecule has 0 aromatic carbocycles. The molecule has 1 fully saturated rings. The first-order valence-corrected chi connectivity index (χ1v) is 20.0. The van der Waals surface area contributed by atoms with E-state index in [0.717, 1.165) is 0 Å². The third kappa shape index (κ3) is 7.75. The highest BCUT2D eigenvalue weighted by Gasteiger charge is 2.47. The van der Waals surface area contributed by atoms with Crippen molar-refractivity contribution in [2.24, 2.45) is 0 Å². The number of hydrogen-bond acceptors (Lipinski definition) is 10. The number of anilines is 1. The number of methoxy groups -OCH3 is 1. The Morgan fingerprint density at radius 2 is 1.80 bits per heavy atom. The Labute approximate surface area is 246 Å². The summed E-state index contributed by atoms with van der Waals surface area (Å²) >= 11 is 0. The molecule has 3 atom stereocenters. The normalized spacial score (nSPS) is 20.3. The molecule has 41 heavy (non-hydrogen) atoms.